The van der Waals surface area contributed by atoms with Gasteiger partial charge in [-0.25, -0.2) is 8.78 Å². The first-order valence-electron chi connectivity index (χ1n) is 9.63. The number of hydrogen-bond acceptors (Lipinski definition) is 3. The second kappa shape index (κ2) is 9.60. The number of hydrogen-bond donors (Lipinski definition) is 2. The lowest BCUT2D eigenvalue weighted by Gasteiger charge is -2.36. The Bertz CT molecular complexity index is 849. The van der Waals surface area contributed by atoms with Crippen LogP contribution in [0.1, 0.15) is 24.0 Å². The van der Waals surface area contributed by atoms with E-state index in [4.69, 9.17) is 4.74 Å². The van der Waals surface area contributed by atoms with Gasteiger partial charge in [0.2, 0.25) is 11.8 Å². The minimum absolute atomic E-state index is 0.138. The number of ether oxygens (including phenoxy) is 1. The minimum Gasteiger partial charge on any atom is -0.381 e. The van der Waals surface area contributed by atoms with Crippen LogP contribution in [0, 0.1) is 11.6 Å². The Kier molecular flexibility index (Phi) is 6.93. The van der Waals surface area contributed by atoms with Crippen LogP contribution in [0.25, 0.3) is 0 Å². The molecule has 29 heavy (non-hydrogen) atoms. The maximum absolute atomic E-state index is 13.7. The molecule has 5 nitrogen and oxygen atoms in total. The van der Waals surface area contributed by atoms with Gasteiger partial charge < -0.3 is 15.4 Å². The van der Waals surface area contributed by atoms with Crippen molar-refractivity contribution >= 4 is 11.8 Å². The van der Waals surface area contributed by atoms with Crippen LogP contribution in [0.3, 0.4) is 0 Å². The zero-order chi connectivity index (χ0) is 20.7. The van der Waals surface area contributed by atoms with Gasteiger partial charge in [-0.05, 0) is 48.2 Å². The van der Waals surface area contributed by atoms with E-state index < -0.39 is 5.41 Å². The van der Waals surface area contributed by atoms with E-state index in [0.29, 0.717) is 37.2 Å². The van der Waals surface area contributed by atoms with E-state index in [2.05, 4.69) is 10.6 Å². The lowest BCUT2D eigenvalue weighted by Crippen LogP contribution is -2.49. The lowest BCUT2D eigenvalue weighted by molar-refractivity contribution is -0.130. The van der Waals surface area contributed by atoms with E-state index in [1.165, 1.54) is 24.3 Å². The molecule has 0 atom stereocenters. The number of amides is 2. The summed E-state index contributed by atoms with van der Waals surface area (Å²) in [5.74, 6) is -1.14. The van der Waals surface area contributed by atoms with Crippen molar-refractivity contribution in [2.24, 2.45) is 0 Å². The molecule has 0 unspecified atom stereocenters. The van der Waals surface area contributed by atoms with E-state index in [0.717, 1.165) is 0 Å². The average molecular weight is 402 g/mol. The molecule has 2 aromatic rings. The van der Waals surface area contributed by atoms with Gasteiger partial charge in [0, 0.05) is 26.3 Å². The Morgan fingerprint density at radius 3 is 2.31 bits per heavy atom. The third-order valence-corrected chi connectivity index (χ3v) is 5.17. The molecule has 0 bridgehead atoms. The largest absolute Gasteiger partial charge is 0.381 e. The van der Waals surface area contributed by atoms with Crippen LogP contribution in [0.2, 0.25) is 0 Å². The molecule has 1 saturated heterocycles. The highest BCUT2D eigenvalue weighted by Crippen LogP contribution is 2.35. The molecule has 7 heteroatoms. The maximum Gasteiger partial charge on any atom is 0.230 e. The summed E-state index contributed by atoms with van der Waals surface area (Å²) in [6.07, 6.45) is 1.08. The van der Waals surface area contributed by atoms with Gasteiger partial charge >= 0.3 is 0 Å². The molecule has 0 spiro atoms. The van der Waals surface area contributed by atoms with Crippen molar-refractivity contribution < 1.29 is 23.1 Å². The Labute approximate surface area is 168 Å². The van der Waals surface area contributed by atoms with Crippen LogP contribution in [0.15, 0.2) is 48.5 Å². The maximum atomic E-state index is 13.7. The first-order valence-corrected chi connectivity index (χ1v) is 9.63. The van der Waals surface area contributed by atoms with E-state index >= 15 is 0 Å². The van der Waals surface area contributed by atoms with Crippen molar-refractivity contribution in [2.75, 3.05) is 26.3 Å². The molecule has 1 aliphatic rings. The normalized spacial score (nSPS) is 15.5. The van der Waals surface area contributed by atoms with Crippen molar-refractivity contribution in [3.05, 3.63) is 71.3 Å². The topological polar surface area (TPSA) is 67.4 Å². The molecule has 0 radical (unpaired) electrons. The van der Waals surface area contributed by atoms with Crippen molar-refractivity contribution in [3.8, 4) is 0 Å². The van der Waals surface area contributed by atoms with Gasteiger partial charge in [-0.15, -0.1) is 0 Å². The van der Waals surface area contributed by atoms with Gasteiger partial charge in [-0.3, -0.25) is 9.59 Å². The van der Waals surface area contributed by atoms with E-state index in [-0.39, 0.29) is 43.0 Å². The van der Waals surface area contributed by atoms with E-state index in [1.54, 1.807) is 24.3 Å². The van der Waals surface area contributed by atoms with Crippen molar-refractivity contribution in [2.45, 2.75) is 24.7 Å². The van der Waals surface area contributed by atoms with Crippen LogP contribution in [0.4, 0.5) is 8.78 Å². The molecule has 3 rings (SSSR count). The molecule has 154 valence electrons. The van der Waals surface area contributed by atoms with Gasteiger partial charge in [0.15, 0.2) is 0 Å². The van der Waals surface area contributed by atoms with Crippen LogP contribution < -0.4 is 10.6 Å². The molecule has 0 saturated carbocycles. The number of halogens is 2. The fourth-order valence-corrected chi connectivity index (χ4v) is 3.55. The van der Waals surface area contributed by atoms with Gasteiger partial charge in [-0.1, -0.05) is 24.3 Å². The van der Waals surface area contributed by atoms with Crippen LogP contribution in [-0.2, 0) is 26.2 Å². The Morgan fingerprint density at radius 1 is 0.931 bits per heavy atom. The fraction of sp³-hybridized carbons (Fsp3) is 0.364. The molecule has 2 N–H and O–H groups in total. The summed E-state index contributed by atoms with van der Waals surface area (Å²) in [6.45, 7) is 1.38. The molecular formula is C22H24F2N2O3. The molecule has 1 aliphatic heterocycles. The van der Waals surface area contributed by atoms with Gasteiger partial charge in [-0.2, -0.15) is 0 Å². The standard InChI is InChI=1S/C22H24F2N2O3/c23-18-6-4-16(5-7-18)14-20(27)25-10-11-26-21(28)22(8-12-29-13-9-22)17-2-1-3-19(24)15-17/h1-7,15H,8-14H2,(H,25,27)(H,26,28). The molecule has 2 aromatic carbocycles. The van der Waals surface area contributed by atoms with E-state index in [1.807, 2.05) is 0 Å². The summed E-state index contributed by atoms with van der Waals surface area (Å²) < 4.78 is 32.0. The molecule has 2 amide bonds. The highest BCUT2D eigenvalue weighted by Gasteiger charge is 2.41. The highest BCUT2D eigenvalue weighted by atomic mass is 19.1. The first-order chi connectivity index (χ1) is 14.0. The minimum atomic E-state index is -0.835. The van der Waals surface area contributed by atoms with Gasteiger partial charge in [0.1, 0.15) is 11.6 Å². The Hall–Kier alpha value is -2.80. The third-order valence-electron chi connectivity index (χ3n) is 5.17. The van der Waals surface area contributed by atoms with Crippen molar-refractivity contribution in [1.29, 1.82) is 0 Å². The molecule has 0 aliphatic carbocycles. The number of rotatable bonds is 7. The predicted octanol–water partition coefficient (Wildman–Crippen LogP) is 2.49. The highest BCUT2D eigenvalue weighted by molar-refractivity contribution is 5.88. The van der Waals surface area contributed by atoms with Crippen LogP contribution in [-0.4, -0.2) is 38.1 Å². The second-order valence-electron chi connectivity index (χ2n) is 7.11. The van der Waals surface area contributed by atoms with Gasteiger partial charge in [0.05, 0.1) is 11.8 Å². The number of carbonyl (C=O) groups is 2. The summed E-state index contributed by atoms with van der Waals surface area (Å²) in [5.41, 5.74) is 0.511. The van der Waals surface area contributed by atoms with Crippen molar-refractivity contribution in [1.82, 2.24) is 10.6 Å². The lowest BCUT2D eigenvalue weighted by atomic mass is 9.73. The average Bonchev–Trinajstić information content (AvgIpc) is 2.73. The zero-order valence-corrected chi connectivity index (χ0v) is 16.0. The van der Waals surface area contributed by atoms with Gasteiger partial charge in [0.25, 0.3) is 0 Å². The van der Waals surface area contributed by atoms with Crippen molar-refractivity contribution in [3.63, 3.8) is 0 Å². The summed E-state index contributed by atoms with van der Waals surface area (Å²) >= 11 is 0. The second-order valence-corrected chi connectivity index (χ2v) is 7.11. The molecular weight excluding hydrogens is 378 g/mol. The van der Waals surface area contributed by atoms with Crippen LogP contribution in [0.5, 0.6) is 0 Å². The van der Waals surface area contributed by atoms with E-state index in [9.17, 15) is 18.4 Å². The number of carbonyl (C=O) groups excluding carboxylic acids is 2. The number of benzene rings is 2. The smallest absolute Gasteiger partial charge is 0.230 e. The molecule has 1 fully saturated rings. The predicted molar refractivity (Wildman–Crippen MR) is 104 cm³/mol. The summed E-state index contributed by atoms with van der Waals surface area (Å²) in [6, 6.07) is 11.9. The zero-order valence-electron chi connectivity index (χ0n) is 16.0. The van der Waals surface area contributed by atoms with Crippen LogP contribution >= 0.6 is 0 Å². The molecule has 0 aromatic heterocycles. The third kappa shape index (κ3) is 5.38. The Morgan fingerprint density at radius 2 is 1.62 bits per heavy atom. The number of nitrogens with one attached hydrogen (secondary N) is 2. The first kappa shape index (κ1) is 20.9. The summed E-state index contributed by atoms with van der Waals surface area (Å²) in [4.78, 5) is 25.0. The molecule has 1 heterocycles. The summed E-state index contributed by atoms with van der Waals surface area (Å²) in [7, 11) is 0. The summed E-state index contributed by atoms with van der Waals surface area (Å²) in [5, 5.41) is 5.59. The fourth-order valence-electron chi connectivity index (χ4n) is 3.55. The SMILES string of the molecule is O=C(Cc1ccc(F)cc1)NCCNC(=O)C1(c2cccc(F)c2)CCOCC1. The Balaban J connectivity index is 1.52. The monoisotopic (exact) mass is 402 g/mol. The quantitative estimate of drug-likeness (QED) is 0.700.